The van der Waals surface area contributed by atoms with Crippen LogP contribution in [-0.2, 0) is 9.53 Å². The van der Waals surface area contributed by atoms with Gasteiger partial charge in [-0.1, -0.05) is 18.5 Å². The molecule has 2 rings (SSSR count). The Labute approximate surface area is 173 Å². The number of carbonyl (C=O) groups excluding carboxylic acids is 2. The Bertz CT molecular complexity index is 841. The maximum atomic E-state index is 12.9. The Kier molecular flexibility index (Phi) is 8.02. The first-order chi connectivity index (χ1) is 13.4. The van der Waals surface area contributed by atoms with E-state index in [0.29, 0.717) is 28.6 Å². The third-order valence-corrected chi connectivity index (χ3v) is 5.57. The number of halogens is 1. The molecule has 2 aromatic carbocycles. The molecule has 2 aromatic rings. The van der Waals surface area contributed by atoms with E-state index in [1.54, 1.807) is 18.2 Å². The van der Waals surface area contributed by atoms with Crippen molar-refractivity contribution < 1.29 is 23.8 Å². The fraction of sp³-hybridized carbons (Fsp3) is 0.300. The summed E-state index contributed by atoms with van der Waals surface area (Å²) in [7, 11) is 4.22. The van der Waals surface area contributed by atoms with Crippen molar-refractivity contribution in [2.45, 2.75) is 23.5 Å². The van der Waals surface area contributed by atoms with E-state index >= 15 is 0 Å². The minimum Gasteiger partial charge on any atom is -0.493 e. The molecule has 1 amide bonds. The number of thioether (sulfide) groups is 1. The van der Waals surface area contributed by atoms with Gasteiger partial charge in [0.05, 0.1) is 37.8 Å². The molecular weight excluding hydrogens is 402 g/mol. The van der Waals surface area contributed by atoms with Crippen LogP contribution in [0.5, 0.6) is 11.5 Å². The van der Waals surface area contributed by atoms with Crippen LogP contribution in [0.4, 0.5) is 5.69 Å². The number of nitrogens with one attached hydrogen (secondary N) is 1. The summed E-state index contributed by atoms with van der Waals surface area (Å²) >= 11 is 7.33. The van der Waals surface area contributed by atoms with Gasteiger partial charge in [0.1, 0.15) is 0 Å². The fourth-order valence-corrected chi connectivity index (χ4v) is 3.55. The molecule has 150 valence electrons. The molecule has 6 nitrogen and oxygen atoms in total. The normalized spacial score (nSPS) is 11.5. The van der Waals surface area contributed by atoms with Crippen LogP contribution in [0, 0.1) is 0 Å². The second kappa shape index (κ2) is 10.2. The lowest BCUT2D eigenvalue weighted by atomic mass is 10.1. The smallest absolute Gasteiger partial charge is 0.340 e. The first kappa shape index (κ1) is 21.9. The molecule has 0 unspecified atom stereocenters. The molecule has 0 bridgehead atoms. The Morgan fingerprint density at radius 1 is 1.07 bits per heavy atom. The molecule has 0 saturated heterocycles. The molecule has 0 heterocycles. The van der Waals surface area contributed by atoms with Gasteiger partial charge in [0, 0.05) is 22.1 Å². The number of anilines is 1. The molecule has 0 aliphatic rings. The van der Waals surface area contributed by atoms with Gasteiger partial charge in [-0.3, -0.25) is 4.79 Å². The van der Waals surface area contributed by atoms with Crippen molar-refractivity contribution in [3.05, 3.63) is 47.0 Å². The highest BCUT2D eigenvalue weighted by Gasteiger charge is 2.23. The average Bonchev–Trinajstić information content (AvgIpc) is 2.72. The molecule has 1 atom stereocenters. The van der Waals surface area contributed by atoms with E-state index in [1.165, 1.54) is 39.2 Å². The summed E-state index contributed by atoms with van der Waals surface area (Å²) in [6, 6.07) is 10.3. The minimum atomic E-state index is -0.588. The Hall–Kier alpha value is -2.38. The average molecular weight is 424 g/mol. The van der Waals surface area contributed by atoms with Crippen LogP contribution in [0.2, 0.25) is 5.02 Å². The maximum Gasteiger partial charge on any atom is 0.340 e. The lowest BCUT2D eigenvalue weighted by Crippen LogP contribution is -2.25. The van der Waals surface area contributed by atoms with E-state index in [9.17, 15) is 9.59 Å². The molecule has 8 heteroatoms. The second-order valence-corrected chi connectivity index (χ2v) is 7.41. The summed E-state index contributed by atoms with van der Waals surface area (Å²) in [6.07, 6.45) is 0.597. The van der Waals surface area contributed by atoms with Crippen LogP contribution in [0.15, 0.2) is 41.3 Å². The van der Waals surface area contributed by atoms with E-state index in [1.807, 2.05) is 19.1 Å². The van der Waals surface area contributed by atoms with Crippen LogP contribution >= 0.6 is 23.4 Å². The molecule has 0 radical (unpaired) electrons. The van der Waals surface area contributed by atoms with Crippen molar-refractivity contribution in [3.63, 3.8) is 0 Å². The van der Waals surface area contributed by atoms with Crippen LogP contribution in [0.3, 0.4) is 0 Å². The number of carbonyl (C=O) groups is 2. The Morgan fingerprint density at radius 3 is 2.21 bits per heavy atom. The monoisotopic (exact) mass is 423 g/mol. The summed E-state index contributed by atoms with van der Waals surface area (Å²) < 4.78 is 15.3. The predicted octanol–water partition coefficient (Wildman–Crippen LogP) is 4.65. The topological polar surface area (TPSA) is 73.9 Å². The number of rotatable bonds is 8. The minimum absolute atomic E-state index is 0.180. The van der Waals surface area contributed by atoms with Crippen molar-refractivity contribution in [1.82, 2.24) is 0 Å². The number of hydrogen-bond donors (Lipinski definition) is 1. The van der Waals surface area contributed by atoms with Gasteiger partial charge < -0.3 is 19.5 Å². The predicted molar refractivity (Wildman–Crippen MR) is 111 cm³/mol. The number of esters is 1. The van der Waals surface area contributed by atoms with Gasteiger partial charge in [0.25, 0.3) is 0 Å². The largest absolute Gasteiger partial charge is 0.493 e. The molecule has 28 heavy (non-hydrogen) atoms. The number of hydrogen-bond acceptors (Lipinski definition) is 6. The number of amides is 1. The van der Waals surface area contributed by atoms with Gasteiger partial charge in [-0.2, -0.15) is 0 Å². The van der Waals surface area contributed by atoms with E-state index in [4.69, 9.17) is 25.8 Å². The summed E-state index contributed by atoms with van der Waals surface area (Å²) in [6.45, 7) is 1.92. The van der Waals surface area contributed by atoms with E-state index in [0.717, 1.165) is 4.90 Å². The van der Waals surface area contributed by atoms with Gasteiger partial charge in [0.15, 0.2) is 11.5 Å². The van der Waals surface area contributed by atoms with E-state index < -0.39 is 5.97 Å². The van der Waals surface area contributed by atoms with Crippen molar-refractivity contribution >= 4 is 40.9 Å². The number of ether oxygens (including phenoxy) is 3. The first-order valence-electron chi connectivity index (χ1n) is 8.50. The molecule has 0 aromatic heterocycles. The molecule has 0 aliphatic heterocycles. The Morgan fingerprint density at radius 2 is 1.68 bits per heavy atom. The molecule has 0 spiro atoms. The van der Waals surface area contributed by atoms with Gasteiger partial charge in [0.2, 0.25) is 5.91 Å². The van der Waals surface area contributed by atoms with E-state index in [2.05, 4.69) is 5.32 Å². The van der Waals surface area contributed by atoms with Crippen LogP contribution in [0.25, 0.3) is 0 Å². The molecule has 1 N–H and O–H groups in total. The summed E-state index contributed by atoms with van der Waals surface area (Å²) in [5.41, 5.74) is 0.476. The molecular formula is C20H22ClNO5S. The third-order valence-electron chi connectivity index (χ3n) is 3.94. The van der Waals surface area contributed by atoms with Crippen molar-refractivity contribution in [3.8, 4) is 11.5 Å². The lowest BCUT2D eigenvalue weighted by molar-refractivity contribution is -0.115. The SMILES string of the molecule is CC[C@H](Sc1ccc(Cl)cc1)C(=O)Nc1cc(OC)c(OC)cc1C(=O)OC. The fourth-order valence-electron chi connectivity index (χ4n) is 2.47. The third kappa shape index (κ3) is 5.33. The van der Waals surface area contributed by atoms with Crippen molar-refractivity contribution in [1.29, 1.82) is 0 Å². The zero-order chi connectivity index (χ0) is 20.7. The van der Waals surface area contributed by atoms with Crippen molar-refractivity contribution in [2.75, 3.05) is 26.6 Å². The highest BCUT2D eigenvalue weighted by Crippen LogP contribution is 2.35. The zero-order valence-corrected chi connectivity index (χ0v) is 17.6. The van der Waals surface area contributed by atoms with Crippen LogP contribution in [-0.4, -0.2) is 38.5 Å². The molecule has 0 aliphatic carbocycles. The number of methoxy groups -OCH3 is 3. The summed E-state index contributed by atoms with van der Waals surface area (Å²) in [4.78, 5) is 25.9. The molecule has 0 fully saturated rings. The van der Waals surface area contributed by atoms with Crippen LogP contribution in [0.1, 0.15) is 23.7 Å². The van der Waals surface area contributed by atoms with Gasteiger partial charge in [-0.25, -0.2) is 4.79 Å². The highest BCUT2D eigenvalue weighted by atomic mass is 35.5. The first-order valence-corrected chi connectivity index (χ1v) is 9.76. The van der Waals surface area contributed by atoms with Gasteiger partial charge >= 0.3 is 5.97 Å². The van der Waals surface area contributed by atoms with Crippen LogP contribution < -0.4 is 14.8 Å². The summed E-state index contributed by atoms with van der Waals surface area (Å²) in [5.74, 6) is -0.0678. The standard InChI is InChI=1S/C20H22ClNO5S/c1-5-18(28-13-8-6-12(21)7-9-13)19(23)22-15-11-17(26-3)16(25-2)10-14(15)20(24)27-4/h6-11,18H,5H2,1-4H3,(H,22,23)/t18-/m0/s1. The Balaban J connectivity index is 2.29. The van der Waals surface area contributed by atoms with Gasteiger partial charge in [-0.05, 0) is 30.7 Å². The summed E-state index contributed by atoms with van der Waals surface area (Å²) in [5, 5.41) is 3.09. The zero-order valence-electron chi connectivity index (χ0n) is 16.1. The second-order valence-electron chi connectivity index (χ2n) is 5.70. The van der Waals surface area contributed by atoms with Crippen molar-refractivity contribution in [2.24, 2.45) is 0 Å². The maximum absolute atomic E-state index is 12.9. The highest BCUT2D eigenvalue weighted by molar-refractivity contribution is 8.00. The van der Waals surface area contributed by atoms with Gasteiger partial charge in [-0.15, -0.1) is 11.8 Å². The van der Waals surface area contributed by atoms with E-state index in [-0.39, 0.29) is 16.7 Å². The quantitative estimate of drug-likeness (QED) is 0.492. The number of benzene rings is 2. The lowest BCUT2D eigenvalue weighted by Gasteiger charge is -2.18. The molecule has 0 saturated carbocycles.